The summed E-state index contributed by atoms with van der Waals surface area (Å²) >= 11 is 0.496. The van der Waals surface area contributed by atoms with Crippen molar-refractivity contribution in [2.24, 2.45) is 5.41 Å². The predicted octanol–water partition coefficient (Wildman–Crippen LogP) is -2.00. The molecule has 0 bridgehead atoms. The molecular weight excluding hydrogens is 225 g/mol. The summed E-state index contributed by atoms with van der Waals surface area (Å²) in [6.45, 7) is 7.36. The van der Waals surface area contributed by atoms with Gasteiger partial charge in [0.15, 0.2) is 0 Å². The van der Waals surface area contributed by atoms with Crippen molar-refractivity contribution in [2.45, 2.75) is 13.8 Å². The van der Waals surface area contributed by atoms with Crippen LogP contribution in [0, 0.1) is 5.41 Å². The fourth-order valence-corrected chi connectivity index (χ4v) is 2.87. The van der Waals surface area contributed by atoms with Gasteiger partial charge in [-0.05, 0) is 0 Å². The third-order valence-electron chi connectivity index (χ3n) is 1.59. The predicted molar refractivity (Wildman–Crippen MR) is 36.1 cm³/mol. The first-order valence-corrected chi connectivity index (χ1v) is 6.98. The Morgan fingerprint density at radius 2 is 2.00 bits per heavy atom. The molecule has 0 spiro atoms. The molecule has 0 N–H and O–H groups in total. The van der Waals surface area contributed by atoms with Crippen LogP contribution in [0.15, 0.2) is 0 Å². The summed E-state index contributed by atoms with van der Waals surface area (Å²) in [5, 5.41) is 0. The van der Waals surface area contributed by atoms with E-state index in [9.17, 15) is 0 Å². The van der Waals surface area contributed by atoms with E-state index in [0.717, 1.165) is 0 Å². The van der Waals surface area contributed by atoms with Crippen LogP contribution in [0.25, 0.3) is 0 Å². The average Bonchev–Trinajstić information content (AvgIpc) is 1.62. The number of alkyl halides is 2. The zero-order chi connectivity index (χ0) is 6.91. The molecule has 1 rings (SSSR count). The Morgan fingerprint density at radius 1 is 1.44 bits per heavy atom. The molecule has 56 valence electrons. The van der Waals surface area contributed by atoms with Gasteiger partial charge in [0.2, 0.25) is 0 Å². The van der Waals surface area contributed by atoms with E-state index < -0.39 is 0 Å². The van der Waals surface area contributed by atoms with Crippen molar-refractivity contribution in [3.8, 4) is 0 Å². The van der Waals surface area contributed by atoms with Gasteiger partial charge in [-0.1, -0.05) is 0 Å². The average molecular weight is 240 g/mol. The van der Waals surface area contributed by atoms with Crippen molar-refractivity contribution in [3.05, 3.63) is 0 Å². The molecule has 9 heavy (non-hydrogen) atoms. The van der Waals surface area contributed by atoms with Crippen LogP contribution >= 0.6 is 0 Å². The minimum absolute atomic E-state index is 0.496. The van der Waals surface area contributed by atoms with Crippen LogP contribution in [0.3, 0.4) is 0 Å². The summed E-state index contributed by atoms with van der Waals surface area (Å²) in [6, 6.07) is 0. The van der Waals surface area contributed by atoms with Gasteiger partial charge in [0.05, 0.1) is 0 Å². The molecule has 0 radical (unpaired) electrons. The monoisotopic (exact) mass is 240 g/mol. The number of hydrogen-bond donors (Lipinski definition) is 0. The van der Waals surface area contributed by atoms with Gasteiger partial charge in [-0.15, -0.1) is 0 Å². The van der Waals surface area contributed by atoms with Crippen LogP contribution in [0.4, 0.5) is 0 Å². The van der Waals surface area contributed by atoms with Gasteiger partial charge in [-0.2, -0.15) is 0 Å². The van der Waals surface area contributed by atoms with E-state index in [0.29, 0.717) is 26.6 Å². The third kappa shape index (κ3) is 2.08. The van der Waals surface area contributed by atoms with Crippen LogP contribution in [0.5, 0.6) is 0 Å². The molecule has 1 nitrogen and oxygen atoms in total. The van der Waals surface area contributed by atoms with Gasteiger partial charge in [0.1, 0.15) is 0 Å². The molecule has 0 aromatic heterocycles. The summed E-state index contributed by atoms with van der Waals surface area (Å²) in [7, 11) is 0. The maximum absolute atomic E-state index is 2.56. The molecule has 1 heterocycles. The van der Waals surface area contributed by atoms with E-state index in [-0.39, 0.29) is 0 Å². The number of likely N-dealkylation sites (tertiary alicyclic amines) is 1. The maximum atomic E-state index is 2.56. The molecule has 1 saturated heterocycles. The van der Waals surface area contributed by atoms with E-state index in [1.54, 1.807) is 0 Å². The van der Waals surface area contributed by atoms with Crippen molar-refractivity contribution in [1.82, 2.24) is 4.90 Å². The van der Waals surface area contributed by atoms with E-state index in [1.165, 1.54) is 17.6 Å². The fourth-order valence-electron chi connectivity index (χ4n) is 1.42. The molecule has 2 heteroatoms. The van der Waals surface area contributed by atoms with Crippen molar-refractivity contribution in [2.75, 3.05) is 22.6 Å². The normalized spacial score (nSPS) is 26.1. The van der Waals surface area contributed by atoms with Gasteiger partial charge < -0.3 is 0 Å². The second kappa shape index (κ2) is 2.74. The molecule has 0 aromatic rings. The number of halogens is 1. The van der Waals surface area contributed by atoms with Crippen LogP contribution in [0.1, 0.15) is 13.8 Å². The van der Waals surface area contributed by atoms with Gasteiger partial charge in [-0.3, -0.25) is 0 Å². The van der Waals surface area contributed by atoms with Gasteiger partial charge >= 0.3 is 67.9 Å². The summed E-state index contributed by atoms with van der Waals surface area (Å²) in [6.07, 6.45) is 0. The number of rotatable bonds is 2. The van der Waals surface area contributed by atoms with E-state index in [1.807, 2.05) is 0 Å². The SMILES string of the molecule is C[I-]CN1CC(C)(C)C1. The molecular formula is C7H15IN-. The molecule has 0 unspecified atom stereocenters. The summed E-state index contributed by atoms with van der Waals surface area (Å²) < 4.78 is 1.41. The van der Waals surface area contributed by atoms with Crippen molar-refractivity contribution >= 4 is 0 Å². The summed E-state index contributed by atoms with van der Waals surface area (Å²) in [5.74, 6) is 0. The molecule has 0 aliphatic carbocycles. The first kappa shape index (κ1) is 7.79. The summed E-state index contributed by atoms with van der Waals surface area (Å²) in [4.78, 5) is 4.91. The first-order valence-electron chi connectivity index (χ1n) is 3.30. The molecule has 1 fully saturated rings. The van der Waals surface area contributed by atoms with Crippen molar-refractivity contribution in [3.63, 3.8) is 0 Å². The Labute approximate surface area is 68.1 Å². The van der Waals surface area contributed by atoms with Crippen LogP contribution in [-0.2, 0) is 0 Å². The third-order valence-corrected chi connectivity index (χ3v) is 3.24. The van der Waals surface area contributed by atoms with E-state index in [4.69, 9.17) is 0 Å². The Hall–Kier alpha value is 0.690. The van der Waals surface area contributed by atoms with E-state index in [2.05, 4.69) is 23.7 Å². The summed E-state index contributed by atoms with van der Waals surface area (Å²) in [5.41, 5.74) is 0.638. The zero-order valence-corrected chi connectivity index (χ0v) is 8.60. The van der Waals surface area contributed by atoms with Crippen LogP contribution in [0.2, 0.25) is 0 Å². The van der Waals surface area contributed by atoms with Gasteiger partial charge in [-0.25, -0.2) is 0 Å². The Balaban J connectivity index is 2.12. The molecule has 1 aliphatic rings. The Morgan fingerprint density at radius 3 is 2.33 bits per heavy atom. The molecule has 0 atom stereocenters. The number of hydrogen-bond acceptors (Lipinski definition) is 1. The number of nitrogens with zero attached hydrogens (tertiary/aromatic N) is 1. The minimum atomic E-state index is 0.496. The van der Waals surface area contributed by atoms with Crippen LogP contribution in [-0.4, -0.2) is 27.5 Å². The Bertz CT molecular complexity index is 93.1. The van der Waals surface area contributed by atoms with Crippen LogP contribution < -0.4 is 21.2 Å². The second-order valence-electron chi connectivity index (χ2n) is 3.54. The van der Waals surface area contributed by atoms with Crippen molar-refractivity contribution in [1.29, 1.82) is 0 Å². The standard InChI is InChI=1S/C7H15IN/c1-7(2)4-9(5-7)6-8-3/h4-6H2,1-3H3/q-1. The van der Waals surface area contributed by atoms with Gasteiger partial charge in [0.25, 0.3) is 0 Å². The molecule has 1 aliphatic heterocycles. The fraction of sp³-hybridized carbons (Fsp3) is 1.00. The topological polar surface area (TPSA) is 3.24 Å². The molecule has 0 saturated carbocycles. The zero-order valence-electron chi connectivity index (χ0n) is 6.45. The van der Waals surface area contributed by atoms with Gasteiger partial charge in [0, 0.05) is 0 Å². The van der Waals surface area contributed by atoms with E-state index >= 15 is 0 Å². The molecule has 0 amide bonds. The second-order valence-corrected chi connectivity index (χ2v) is 5.75. The Kier molecular flexibility index (Phi) is 2.37. The van der Waals surface area contributed by atoms with Crippen molar-refractivity contribution < 1.29 is 21.2 Å². The first-order chi connectivity index (χ1) is 4.14. The quantitative estimate of drug-likeness (QED) is 0.307. The molecule has 0 aromatic carbocycles.